The summed E-state index contributed by atoms with van der Waals surface area (Å²) in [6, 6.07) is 5.16. The molecule has 0 N–H and O–H groups in total. The lowest BCUT2D eigenvalue weighted by molar-refractivity contribution is -0.157. The summed E-state index contributed by atoms with van der Waals surface area (Å²) in [6.45, 7) is 12.3. The number of rotatable bonds is 16. The molecule has 0 spiro atoms. The molecule has 218 valence electrons. The van der Waals surface area contributed by atoms with Crippen LogP contribution in [0.5, 0.6) is 5.75 Å². The SMILES string of the molecule is COCOCCc1cc(C(OC(=O)C(C)C)[C@@H](C[C@H](N=[N+]=[N-])[C@@H]2C[C@@H](C(C)C)C(=O)O2)C(C)C)ccc1OC. The summed E-state index contributed by atoms with van der Waals surface area (Å²) < 4.78 is 27.9. The first-order chi connectivity index (χ1) is 18.5. The van der Waals surface area contributed by atoms with Crippen molar-refractivity contribution in [2.24, 2.45) is 34.7 Å². The van der Waals surface area contributed by atoms with Gasteiger partial charge in [-0.25, -0.2) is 0 Å². The number of carbonyl (C=O) groups excluding carboxylic acids is 2. The zero-order valence-corrected chi connectivity index (χ0v) is 24.6. The van der Waals surface area contributed by atoms with Crippen molar-refractivity contribution in [2.75, 3.05) is 27.6 Å². The summed E-state index contributed by atoms with van der Waals surface area (Å²) >= 11 is 0. The number of esters is 2. The first-order valence-electron chi connectivity index (χ1n) is 13.7. The Hall–Kier alpha value is -2.81. The molecular weight excluding hydrogens is 502 g/mol. The van der Waals surface area contributed by atoms with Gasteiger partial charge in [-0.15, -0.1) is 0 Å². The summed E-state index contributed by atoms with van der Waals surface area (Å²) in [6.07, 6.45) is 0.328. The number of benzene rings is 1. The van der Waals surface area contributed by atoms with Crippen molar-refractivity contribution < 1.29 is 33.3 Å². The molecule has 0 aromatic heterocycles. The predicted octanol–water partition coefficient (Wildman–Crippen LogP) is 6.03. The average molecular weight is 548 g/mol. The molecule has 1 heterocycles. The van der Waals surface area contributed by atoms with E-state index in [4.69, 9.17) is 23.7 Å². The molecule has 0 saturated carbocycles. The van der Waals surface area contributed by atoms with Gasteiger partial charge in [0.1, 0.15) is 24.8 Å². The molecule has 2 rings (SSSR count). The molecule has 0 radical (unpaired) electrons. The Kier molecular flexibility index (Phi) is 13.0. The van der Waals surface area contributed by atoms with Gasteiger partial charge in [0, 0.05) is 17.9 Å². The predicted molar refractivity (Wildman–Crippen MR) is 147 cm³/mol. The van der Waals surface area contributed by atoms with E-state index in [1.165, 1.54) is 0 Å². The summed E-state index contributed by atoms with van der Waals surface area (Å²) in [5.41, 5.74) is 11.1. The molecule has 1 aromatic carbocycles. The standard InChI is InChI=1S/C29H45N3O7/c1-17(2)22(14-24(31-32-30)26-15-23(18(3)4)29(34)38-26)27(39-28(33)19(5)6)21-9-10-25(36-8)20(13-21)11-12-37-16-35-7/h9-10,13,17-19,22-24,26-27H,11-12,14-16H2,1-8H3/t22-,23-,24-,26-,27?/m0/s1. The molecule has 10 heteroatoms. The van der Waals surface area contributed by atoms with Gasteiger partial charge in [0.25, 0.3) is 0 Å². The summed E-state index contributed by atoms with van der Waals surface area (Å²) in [4.78, 5) is 28.5. The molecule has 39 heavy (non-hydrogen) atoms. The number of methoxy groups -OCH3 is 2. The molecule has 0 amide bonds. The largest absolute Gasteiger partial charge is 0.496 e. The quantitative estimate of drug-likeness (QED) is 0.0617. The van der Waals surface area contributed by atoms with Gasteiger partial charge in [0.2, 0.25) is 0 Å². The number of carbonyl (C=O) groups is 2. The van der Waals surface area contributed by atoms with Crippen LogP contribution in [0.15, 0.2) is 23.3 Å². The molecule has 1 unspecified atom stereocenters. The maximum absolute atomic E-state index is 12.9. The van der Waals surface area contributed by atoms with Crippen LogP contribution in [0.4, 0.5) is 0 Å². The third-order valence-electron chi connectivity index (χ3n) is 7.31. The normalized spacial score (nSPS) is 19.5. The minimum atomic E-state index is -0.612. The lowest BCUT2D eigenvalue weighted by Crippen LogP contribution is -2.33. The third-order valence-corrected chi connectivity index (χ3v) is 7.31. The summed E-state index contributed by atoms with van der Waals surface area (Å²) in [7, 11) is 3.18. The van der Waals surface area contributed by atoms with Crippen LogP contribution in [-0.2, 0) is 35.0 Å². The Bertz CT molecular complexity index is 991. The van der Waals surface area contributed by atoms with Gasteiger partial charge in [-0.1, -0.05) is 52.7 Å². The number of hydrogen-bond donors (Lipinski definition) is 0. The van der Waals surface area contributed by atoms with Crippen LogP contribution >= 0.6 is 0 Å². The molecule has 0 bridgehead atoms. The molecule has 0 aliphatic carbocycles. The molecule has 1 aromatic rings. The molecule has 1 saturated heterocycles. The summed E-state index contributed by atoms with van der Waals surface area (Å²) in [5, 5.41) is 4.06. The van der Waals surface area contributed by atoms with E-state index in [0.29, 0.717) is 31.6 Å². The Labute approximate surface area is 232 Å². The highest BCUT2D eigenvalue weighted by Gasteiger charge is 2.42. The van der Waals surface area contributed by atoms with Crippen molar-refractivity contribution in [1.82, 2.24) is 0 Å². The molecule has 1 fully saturated rings. The van der Waals surface area contributed by atoms with Crippen molar-refractivity contribution in [2.45, 2.75) is 79.1 Å². The minimum Gasteiger partial charge on any atom is -0.496 e. The number of hydrogen-bond acceptors (Lipinski definition) is 8. The van der Waals surface area contributed by atoms with Crippen LogP contribution in [0.1, 0.15) is 71.6 Å². The smallest absolute Gasteiger partial charge is 0.309 e. The van der Waals surface area contributed by atoms with Gasteiger partial charge in [-0.05, 0) is 59.9 Å². The van der Waals surface area contributed by atoms with Gasteiger partial charge in [-0.2, -0.15) is 0 Å². The number of azide groups is 1. The van der Waals surface area contributed by atoms with Crippen LogP contribution in [0, 0.1) is 29.6 Å². The minimum absolute atomic E-state index is 0.0555. The molecule has 10 nitrogen and oxygen atoms in total. The fourth-order valence-electron chi connectivity index (χ4n) is 4.93. The summed E-state index contributed by atoms with van der Waals surface area (Å²) in [5.74, 6) is -0.462. The van der Waals surface area contributed by atoms with E-state index < -0.39 is 18.2 Å². The Morgan fingerprint density at radius 3 is 2.44 bits per heavy atom. The van der Waals surface area contributed by atoms with E-state index >= 15 is 0 Å². The van der Waals surface area contributed by atoms with E-state index in [1.807, 2.05) is 32.0 Å². The monoisotopic (exact) mass is 547 g/mol. The van der Waals surface area contributed by atoms with Crippen molar-refractivity contribution in [3.63, 3.8) is 0 Å². The van der Waals surface area contributed by atoms with Crippen LogP contribution in [0.2, 0.25) is 0 Å². The van der Waals surface area contributed by atoms with Crippen LogP contribution in [0.3, 0.4) is 0 Å². The Balaban J connectivity index is 2.45. The zero-order chi connectivity index (χ0) is 29.1. The second kappa shape index (κ2) is 15.7. The topological polar surface area (TPSA) is 129 Å². The molecule has 5 atom stereocenters. The first-order valence-corrected chi connectivity index (χ1v) is 13.7. The maximum Gasteiger partial charge on any atom is 0.309 e. The fraction of sp³-hybridized carbons (Fsp3) is 0.724. The van der Waals surface area contributed by atoms with Crippen molar-refractivity contribution in [1.29, 1.82) is 0 Å². The number of ether oxygens (including phenoxy) is 5. The van der Waals surface area contributed by atoms with E-state index in [0.717, 1.165) is 11.1 Å². The highest BCUT2D eigenvalue weighted by molar-refractivity contribution is 5.75. The van der Waals surface area contributed by atoms with Gasteiger partial charge < -0.3 is 23.7 Å². The Morgan fingerprint density at radius 1 is 1.18 bits per heavy atom. The third kappa shape index (κ3) is 9.12. The lowest BCUT2D eigenvalue weighted by Gasteiger charge is -2.34. The average Bonchev–Trinajstić information content (AvgIpc) is 3.29. The highest BCUT2D eigenvalue weighted by Crippen LogP contribution is 2.40. The van der Waals surface area contributed by atoms with E-state index in [9.17, 15) is 15.1 Å². The van der Waals surface area contributed by atoms with Gasteiger partial charge in [0.05, 0.1) is 31.6 Å². The van der Waals surface area contributed by atoms with Crippen LogP contribution in [0.25, 0.3) is 10.4 Å². The van der Waals surface area contributed by atoms with Gasteiger partial charge in [0.15, 0.2) is 0 Å². The molecular formula is C29H45N3O7. The highest BCUT2D eigenvalue weighted by atomic mass is 16.7. The lowest BCUT2D eigenvalue weighted by atomic mass is 9.79. The first kappa shape index (κ1) is 32.4. The fourth-order valence-corrected chi connectivity index (χ4v) is 4.93. The maximum atomic E-state index is 12.9. The van der Waals surface area contributed by atoms with Crippen molar-refractivity contribution >= 4 is 11.9 Å². The Morgan fingerprint density at radius 2 is 1.90 bits per heavy atom. The van der Waals surface area contributed by atoms with Gasteiger partial charge in [-0.3, -0.25) is 9.59 Å². The van der Waals surface area contributed by atoms with E-state index in [1.54, 1.807) is 28.1 Å². The number of cyclic esters (lactones) is 1. The van der Waals surface area contributed by atoms with Crippen molar-refractivity contribution in [3.05, 3.63) is 39.8 Å². The number of nitrogens with zero attached hydrogens (tertiary/aromatic N) is 3. The van der Waals surface area contributed by atoms with Crippen molar-refractivity contribution in [3.8, 4) is 5.75 Å². The van der Waals surface area contributed by atoms with Gasteiger partial charge >= 0.3 is 11.9 Å². The van der Waals surface area contributed by atoms with Crippen LogP contribution < -0.4 is 4.74 Å². The van der Waals surface area contributed by atoms with E-state index in [2.05, 4.69) is 23.9 Å². The second-order valence-corrected chi connectivity index (χ2v) is 11.1. The van der Waals surface area contributed by atoms with Crippen LogP contribution in [-0.4, -0.2) is 51.7 Å². The van der Waals surface area contributed by atoms with E-state index in [-0.39, 0.29) is 48.3 Å². The second-order valence-electron chi connectivity index (χ2n) is 11.1. The molecule has 1 aliphatic rings. The molecule has 1 aliphatic heterocycles. The zero-order valence-electron chi connectivity index (χ0n) is 24.6.